The van der Waals surface area contributed by atoms with Crippen LogP contribution < -0.4 is 14.8 Å². The fourth-order valence-electron chi connectivity index (χ4n) is 2.04. The van der Waals surface area contributed by atoms with Crippen LogP contribution in [-0.2, 0) is 11.3 Å². The minimum atomic E-state index is -0.681. The molecule has 4 nitrogen and oxygen atoms in total. The average molecular weight is 317 g/mol. The smallest absolute Gasteiger partial charge is 0.261 e. The van der Waals surface area contributed by atoms with E-state index in [-0.39, 0.29) is 11.7 Å². The van der Waals surface area contributed by atoms with Gasteiger partial charge in [0, 0.05) is 12.1 Å². The zero-order chi connectivity index (χ0) is 16.7. The molecule has 0 fully saturated rings. The van der Waals surface area contributed by atoms with Crippen LogP contribution in [0.15, 0.2) is 48.5 Å². The molecule has 5 heteroatoms. The minimum Gasteiger partial charge on any atom is -0.494 e. The Morgan fingerprint density at radius 3 is 2.57 bits per heavy atom. The molecule has 0 aliphatic carbocycles. The molecule has 23 heavy (non-hydrogen) atoms. The Morgan fingerprint density at radius 2 is 1.87 bits per heavy atom. The maximum atomic E-state index is 12.8. The number of hydrogen-bond acceptors (Lipinski definition) is 3. The highest BCUT2D eigenvalue weighted by Crippen LogP contribution is 2.18. The quantitative estimate of drug-likeness (QED) is 0.852. The number of halogens is 1. The molecule has 0 unspecified atom stereocenters. The Bertz CT molecular complexity index is 643. The van der Waals surface area contributed by atoms with Gasteiger partial charge in [-0.1, -0.05) is 18.2 Å². The van der Waals surface area contributed by atoms with Crippen molar-refractivity contribution in [3.8, 4) is 11.5 Å². The van der Waals surface area contributed by atoms with Gasteiger partial charge < -0.3 is 14.8 Å². The van der Waals surface area contributed by atoms with Gasteiger partial charge in [-0.15, -0.1) is 0 Å². The first-order chi connectivity index (χ1) is 11.1. The fraction of sp³-hybridized carbons (Fsp3) is 0.278. The number of hydrogen-bond donors (Lipinski definition) is 1. The lowest BCUT2D eigenvalue weighted by atomic mass is 10.2. The number of ether oxygens (including phenoxy) is 2. The Hall–Kier alpha value is -2.56. The monoisotopic (exact) mass is 317 g/mol. The Morgan fingerprint density at radius 1 is 1.17 bits per heavy atom. The summed E-state index contributed by atoms with van der Waals surface area (Å²) < 4.78 is 23.9. The first-order valence-corrected chi connectivity index (χ1v) is 7.50. The van der Waals surface area contributed by atoms with Crippen LogP contribution in [0.5, 0.6) is 11.5 Å². The largest absolute Gasteiger partial charge is 0.494 e. The van der Waals surface area contributed by atoms with Gasteiger partial charge in [-0.2, -0.15) is 0 Å². The zero-order valence-corrected chi connectivity index (χ0v) is 13.2. The van der Waals surface area contributed by atoms with E-state index in [0.29, 0.717) is 18.9 Å². The summed E-state index contributed by atoms with van der Waals surface area (Å²) in [4.78, 5) is 12.1. The van der Waals surface area contributed by atoms with Crippen molar-refractivity contribution in [1.29, 1.82) is 0 Å². The molecule has 2 rings (SSSR count). The van der Waals surface area contributed by atoms with Crippen molar-refractivity contribution in [2.45, 2.75) is 26.5 Å². The van der Waals surface area contributed by atoms with Crippen molar-refractivity contribution in [3.63, 3.8) is 0 Å². The van der Waals surface area contributed by atoms with Crippen LogP contribution in [0.1, 0.15) is 19.4 Å². The lowest BCUT2D eigenvalue weighted by Crippen LogP contribution is -2.36. The molecule has 1 N–H and O–H groups in total. The Labute approximate surface area is 135 Å². The third-order valence-electron chi connectivity index (χ3n) is 3.22. The van der Waals surface area contributed by atoms with Crippen LogP contribution in [0.4, 0.5) is 4.39 Å². The van der Waals surface area contributed by atoms with E-state index < -0.39 is 6.10 Å². The number of benzene rings is 2. The van der Waals surface area contributed by atoms with Gasteiger partial charge in [-0.25, -0.2) is 4.39 Å². The Balaban J connectivity index is 1.90. The van der Waals surface area contributed by atoms with Crippen molar-refractivity contribution in [1.82, 2.24) is 5.32 Å². The van der Waals surface area contributed by atoms with Gasteiger partial charge in [0.2, 0.25) is 0 Å². The van der Waals surface area contributed by atoms with Gasteiger partial charge in [0.15, 0.2) is 6.10 Å². The van der Waals surface area contributed by atoms with Crippen LogP contribution >= 0.6 is 0 Å². The molecule has 1 amide bonds. The van der Waals surface area contributed by atoms with E-state index in [9.17, 15) is 9.18 Å². The first kappa shape index (κ1) is 16.8. The van der Waals surface area contributed by atoms with Crippen LogP contribution in [0.25, 0.3) is 0 Å². The lowest BCUT2D eigenvalue weighted by Gasteiger charge is -2.16. The molecule has 0 saturated carbocycles. The molecule has 0 heterocycles. The van der Waals surface area contributed by atoms with Crippen molar-refractivity contribution in [2.24, 2.45) is 0 Å². The van der Waals surface area contributed by atoms with E-state index >= 15 is 0 Å². The zero-order valence-electron chi connectivity index (χ0n) is 13.2. The first-order valence-electron chi connectivity index (χ1n) is 7.50. The maximum Gasteiger partial charge on any atom is 0.261 e. The average Bonchev–Trinajstić information content (AvgIpc) is 2.56. The summed E-state index contributed by atoms with van der Waals surface area (Å²) in [6, 6.07) is 13.1. The Kier molecular flexibility index (Phi) is 5.97. The summed E-state index contributed by atoms with van der Waals surface area (Å²) in [5.41, 5.74) is 0.900. The van der Waals surface area contributed by atoms with Gasteiger partial charge in [0.1, 0.15) is 17.3 Å². The standard InChI is InChI=1S/C18H20FNO3/c1-3-22-17-7-5-4-6-14(17)12-20-18(21)13(2)23-16-10-8-15(19)9-11-16/h4-11,13H,3,12H2,1-2H3,(H,20,21)/t13-/m0/s1. The van der Waals surface area contributed by atoms with Gasteiger partial charge >= 0.3 is 0 Å². The van der Waals surface area contributed by atoms with E-state index in [2.05, 4.69) is 5.32 Å². The molecular formula is C18H20FNO3. The van der Waals surface area contributed by atoms with Gasteiger partial charge in [-0.3, -0.25) is 4.79 Å². The highest BCUT2D eigenvalue weighted by atomic mass is 19.1. The minimum absolute atomic E-state index is 0.249. The van der Waals surface area contributed by atoms with Crippen molar-refractivity contribution >= 4 is 5.91 Å². The number of amides is 1. The molecular weight excluding hydrogens is 297 g/mol. The normalized spacial score (nSPS) is 11.6. The van der Waals surface area contributed by atoms with E-state index in [0.717, 1.165) is 11.3 Å². The number of nitrogens with one attached hydrogen (secondary N) is 1. The van der Waals surface area contributed by atoms with E-state index in [1.807, 2.05) is 31.2 Å². The number of para-hydroxylation sites is 1. The van der Waals surface area contributed by atoms with E-state index in [1.54, 1.807) is 6.92 Å². The molecule has 0 spiro atoms. The van der Waals surface area contributed by atoms with E-state index in [4.69, 9.17) is 9.47 Å². The highest BCUT2D eigenvalue weighted by molar-refractivity contribution is 5.80. The van der Waals surface area contributed by atoms with Gasteiger partial charge in [-0.05, 0) is 44.2 Å². The molecule has 0 radical (unpaired) electrons. The highest BCUT2D eigenvalue weighted by Gasteiger charge is 2.15. The van der Waals surface area contributed by atoms with Crippen LogP contribution in [-0.4, -0.2) is 18.6 Å². The SMILES string of the molecule is CCOc1ccccc1CNC(=O)[C@H](C)Oc1ccc(F)cc1. The molecule has 0 aliphatic heterocycles. The summed E-state index contributed by atoms with van der Waals surface area (Å²) in [5.74, 6) is 0.605. The molecule has 0 aromatic heterocycles. The molecule has 0 bridgehead atoms. The van der Waals surface area contributed by atoms with Crippen LogP contribution in [0.2, 0.25) is 0 Å². The maximum absolute atomic E-state index is 12.8. The molecule has 122 valence electrons. The summed E-state index contributed by atoms with van der Waals surface area (Å²) in [6.07, 6.45) is -0.681. The molecule has 1 atom stereocenters. The molecule has 2 aromatic carbocycles. The molecule has 0 aliphatic rings. The predicted octanol–water partition coefficient (Wildman–Crippen LogP) is 3.31. The van der Waals surface area contributed by atoms with Crippen LogP contribution in [0, 0.1) is 5.82 Å². The molecule has 0 saturated heterocycles. The van der Waals surface area contributed by atoms with Crippen molar-refractivity contribution in [3.05, 3.63) is 59.9 Å². The van der Waals surface area contributed by atoms with Gasteiger partial charge in [0.05, 0.1) is 6.61 Å². The predicted molar refractivity (Wildman–Crippen MR) is 85.9 cm³/mol. The van der Waals surface area contributed by atoms with Crippen LogP contribution in [0.3, 0.4) is 0 Å². The second-order valence-electron chi connectivity index (χ2n) is 4.97. The van der Waals surface area contributed by atoms with Crippen molar-refractivity contribution < 1.29 is 18.7 Å². The second-order valence-corrected chi connectivity index (χ2v) is 4.97. The third kappa shape index (κ3) is 4.98. The second kappa shape index (κ2) is 8.17. The third-order valence-corrected chi connectivity index (χ3v) is 3.22. The fourth-order valence-corrected chi connectivity index (χ4v) is 2.04. The van der Waals surface area contributed by atoms with E-state index in [1.165, 1.54) is 24.3 Å². The number of carbonyl (C=O) groups excluding carboxylic acids is 1. The number of carbonyl (C=O) groups is 1. The van der Waals surface area contributed by atoms with Crippen molar-refractivity contribution in [2.75, 3.05) is 6.61 Å². The summed E-state index contributed by atoms with van der Waals surface area (Å²) in [5, 5.41) is 2.81. The lowest BCUT2D eigenvalue weighted by molar-refractivity contribution is -0.127. The summed E-state index contributed by atoms with van der Waals surface area (Å²) in [6.45, 7) is 4.47. The summed E-state index contributed by atoms with van der Waals surface area (Å²) in [7, 11) is 0. The topological polar surface area (TPSA) is 47.6 Å². The molecule has 2 aromatic rings. The van der Waals surface area contributed by atoms with Gasteiger partial charge in [0.25, 0.3) is 5.91 Å². The summed E-state index contributed by atoms with van der Waals surface area (Å²) >= 11 is 0. The number of rotatable bonds is 7.